The van der Waals surface area contributed by atoms with Gasteiger partial charge in [0.1, 0.15) is 6.61 Å². The second-order valence-corrected chi connectivity index (χ2v) is 4.09. The lowest BCUT2D eigenvalue weighted by atomic mass is 10.4. The van der Waals surface area contributed by atoms with E-state index in [4.69, 9.17) is 4.74 Å². The predicted molar refractivity (Wildman–Crippen MR) is 74.2 cm³/mol. The highest BCUT2D eigenvalue weighted by molar-refractivity contribution is 5.32. The molecule has 5 heteroatoms. The molecule has 0 saturated heterocycles. The molecule has 1 aromatic heterocycles. The van der Waals surface area contributed by atoms with E-state index < -0.39 is 0 Å². The van der Waals surface area contributed by atoms with Gasteiger partial charge >= 0.3 is 0 Å². The third-order valence-corrected chi connectivity index (χ3v) is 2.80. The fourth-order valence-electron chi connectivity index (χ4n) is 1.63. The van der Waals surface area contributed by atoms with Crippen molar-refractivity contribution in [1.29, 1.82) is 0 Å². The van der Waals surface area contributed by atoms with Gasteiger partial charge in [-0.3, -0.25) is 0 Å². The number of nitrogens with zero attached hydrogens (tertiary/aromatic N) is 3. The van der Waals surface area contributed by atoms with Crippen LogP contribution in [0.15, 0.2) is 6.20 Å². The molecule has 0 aliphatic heterocycles. The first-order valence-corrected chi connectivity index (χ1v) is 6.63. The van der Waals surface area contributed by atoms with Crippen molar-refractivity contribution in [2.24, 2.45) is 0 Å². The molecule has 0 bridgehead atoms. The van der Waals surface area contributed by atoms with Crippen LogP contribution in [0.1, 0.15) is 26.3 Å². The van der Waals surface area contributed by atoms with Crippen molar-refractivity contribution in [1.82, 2.24) is 14.9 Å². The monoisotopic (exact) mass is 252 g/mol. The minimum absolute atomic E-state index is 0.626. The largest absolute Gasteiger partial charge is 0.476 e. The lowest BCUT2D eigenvalue weighted by Gasteiger charge is -2.18. The number of nitrogens with one attached hydrogen (secondary N) is 1. The molecule has 1 heterocycles. The molecule has 0 spiro atoms. The van der Waals surface area contributed by atoms with Gasteiger partial charge in [0, 0.05) is 24.8 Å². The number of likely N-dealkylation sites (N-methyl/N-ethyl adjacent to an activating group) is 1. The highest BCUT2D eigenvalue weighted by Gasteiger charge is 2.05. The summed E-state index contributed by atoms with van der Waals surface area (Å²) >= 11 is 0. The van der Waals surface area contributed by atoms with Crippen molar-refractivity contribution >= 4 is 5.95 Å². The quantitative estimate of drug-likeness (QED) is 0.766. The zero-order chi connectivity index (χ0) is 13.4. The topological polar surface area (TPSA) is 50.3 Å². The van der Waals surface area contributed by atoms with E-state index in [1.54, 1.807) is 6.20 Å². The van der Waals surface area contributed by atoms with Crippen LogP contribution in [0, 0.1) is 6.92 Å². The molecule has 1 aromatic rings. The third kappa shape index (κ3) is 4.49. The zero-order valence-corrected chi connectivity index (χ0v) is 11.9. The number of aryl methyl sites for hydroxylation is 1. The first-order valence-electron chi connectivity index (χ1n) is 6.63. The first-order chi connectivity index (χ1) is 8.71. The van der Waals surface area contributed by atoms with Crippen LogP contribution in [0.3, 0.4) is 0 Å². The van der Waals surface area contributed by atoms with Crippen LogP contribution in [0.25, 0.3) is 0 Å². The van der Waals surface area contributed by atoms with E-state index in [9.17, 15) is 0 Å². The Morgan fingerprint density at radius 2 is 2.00 bits per heavy atom. The summed E-state index contributed by atoms with van der Waals surface area (Å²) in [5.74, 6) is 1.30. The maximum absolute atomic E-state index is 5.73. The summed E-state index contributed by atoms with van der Waals surface area (Å²) in [6, 6.07) is 0. The Kier molecular flexibility index (Phi) is 6.43. The molecule has 0 radical (unpaired) electrons. The standard InChI is InChI=1S/C13H24N4O/c1-5-14-13-15-10-11(4)12(16-13)18-9-8-17(6-2)7-3/h10H,5-9H2,1-4H3,(H,14,15,16). The average Bonchev–Trinajstić information content (AvgIpc) is 2.38. The predicted octanol–water partition coefficient (Wildman–Crippen LogP) is 1.94. The van der Waals surface area contributed by atoms with Gasteiger partial charge in [-0.2, -0.15) is 4.98 Å². The van der Waals surface area contributed by atoms with E-state index in [1.807, 2.05) is 13.8 Å². The van der Waals surface area contributed by atoms with Gasteiger partial charge < -0.3 is 15.0 Å². The van der Waals surface area contributed by atoms with E-state index in [0.717, 1.165) is 31.7 Å². The summed E-state index contributed by atoms with van der Waals surface area (Å²) < 4.78 is 5.73. The Bertz CT molecular complexity index is 353. The van der Waals surface area contributed by atoms with Crippen LogP contribution < -0.4 is 10.1 Å². The molecule has 102 valence electrons. The second-order valence-electron chi connectivity index (χ2n) is 4.09. The number of anilines is 1. The van der Waals surface area contributed by atoms with Gasteiger partial charge in [0.2, 0.25) is 11.8 Å². The molecule has 0 unspecified atom stereocenters. The number of aromatic nitrogens is 2. The van der Waals surface area contributed by atoms with Crippen LogP contribution in [0.5, 0.6) is 5.88 Å². The molecule has 0 saturated carbocycles. The van der Waals surface area contributed by atoms with E-state index in [2.05, 4.69) is 34.0 Å². The zero-order valence-electron chi connectivity index (χ0n) is 11.9. The van der Waals surface area contributed by atoms with E-state index >= 15 is 0 Å². The smallest absolute Gasteiger partial charge is 0.225 e. The molecular weight excluding hydrogens is 228 g/mol. The van der Waals surface area contributed by atoms with Crippen LogP contribution in [-0.4, -0.2) is 47.7 Å². The molecule has 0 amide bonds. The van der Waals surface area contributed by atoms with Gasteiger partial charge in [-0.25, -0.2) is 4.98 Å². The molecule has 0 aliphatic rings. The summed E-state index contributed by atoms with van der Waals surface area (Å²) in [6.07, 6.45) is 1.79. The Hall–Kier alpha value is -1.36. The Balaban J connectivity index is 2.52. The van der Waals surface area contributed by atoms with Gasteiger partial charge in [-0.1, -0.05) is 13.8 Å². The minimum atomic E-state index is 0.626. The molecular formula is C13H24N4O. The van der Waals surface area contributed by atoms with Gasteiger partial charge in [0.25, 0.3) is 0 Å². The van der Waals surface area contributed by atoms with E-state index in [-0.39, 0.29) is 0 Å². The van der Waals surface area contributed by atoms with Crippen LogP contribution in [-0.2, 0) is 0 Å². The van der Waals surface area contributed by atoms with E-state index in [0.29, 0.717) is 18.4 Å². The minimum Gasteiger partial charge on any atom is -0.476 e. The Morgan fingerprint density at radius 3 is 2.61 bits per heavy atom. The van der Waals surface area contributed by atoms with Crippen molar-refractivity contribution in [2.45, 2.75) is 27.7 Å². The fourth-order valence-corrected chi connectivity index (χ4v) is 1.63. The third-order valence-electron chi connectivity index (χ3n) is 2.80. The normalized spacial score (nSPS) is 10.7. The highest BCUT2D eigenvalue weighted by Crippen LogP contribution is 2.14. The summed E-state index contributed by atoms with van der Waals surface area (Å²) in [5.41, 5.74) is 0.969. The maximum Gasteiger partial charge on any atom is 0.225 e. The number of hydrogen-bond donors (Lipinski definition) is 1. The Morgan fingerprint density at radius 1 is 1.28 bits per heavy atom. The summed E-state index contributed by atoms with van der Waals surface area (Å²) in [5, 5.41) is 3.08. The lowest BCUT2D eigenvalue weighted by molar-refractivity contribution is 0.217. The van der Waals surface area contributed by atoms with Crippen molar-refractivity contribution in [3.63, 3.8) is 0 Å². The summed E-state index contributed by atoms with van der Waals surface area (Å²) in [6.45, 7) is 12.8. The molecule has 0 atom stereocenters. The second kappa shape index (κ2) is 7.87. The average molecular weight is 252 g/mol. The maximum atomic E-state index is 5.73. The van der Waals surface area contributed by atoms with Crippen molar-refractivity contribution < 1.29 is 4.74 Å². The number of hydrogen-bond acceptors (Lipinski definition) is 5. The highest BCUT2D eigenvalue weighted by atomic mass is 16.5. The molecule has 1 N–H and O–H groups in total. The van der Waals surface area contributed by atoms with Gasteiger partial charge in [0.05, 0.1) is 0 Å². The van der Waals surface area contributed by atoms with Crippen LogP contribution in [0.4, 0.5) is 5.95 Å². The Labute approximate surface area is 110 Å². The molecule has 0 fully saturated rings. The van der Waals surface area contributed by atoms with Gasteiger partial charge in [0.15, 0.2) is 0 Å². The molecule has 1 rings (SSSR count). The van der Waals surface area contributed by atoms with Crippen LogP contribution in [0.2, 0.25) is 0 Å². The molecule has 18 heavy (non-hydrogen) atoms. The molecule has 0 aliphatic carbocycles. The van der Waals surface area contributed by atoms with Crippen LogP contribution >= 0.6 is 0 Å². The molecule has 5 nitrogen and oxygen atoms in total. The summed E-state index contributed by atoms with van der Waals surface area (Å²) in [4.78, 5) is 10.9. The van der Waals surface area contributed by atoms with Gasteiger partial charge in [-0.05, 0) is 26.9 Å². The van der Waals surface area contributed by atoms with E-state index in [1.165, 1.54) is 0 Å². The fraction of sp³-hybridized carbons (Fsp3) is 0.692. The number of ether oxygens (including phenoxy) is 1. The van der Waals surface area contributed by atoms with Gasteiger partial charge in [-0.15, -0.1) is 0 Å². The van der Waals surface area contributed by atoms with Crippen molar-refractivity contribution in [2.75, 3.05) is 38.1 Å². The SMILES string of the molecule is CCNc1ncc(C)c(OCCN(CC)CC)n1. The summed E-state index contributed by atoms with van der Waals surface area (Å²) in [7, 11) is 0. The van der Waals surface area contributed by atoms with Crippen molar-refractivity contribution in [3.8, 4) is 5.88 Å². The lowest BCUT2D eigenvalue weighted by Crippen LogP contribution is -2.28. The first kappa shape index (κ1) is 14.7. The molecule has 0 aromatic carbocycles. The number of rotatable bonds is 8. The van der Waals surface area contributed by atoms with Crippen molar-refractivity contribution in [3.05, 3.63) is 11.8 Å².